The number of hydrogen-bond acceptors (Lipinski definition) is 2. The van der Waals surface area contributed by atoms with Crippen LogP contribution in [-0.2, 0) is 0 Å². The summed E-state index contributed by atoms with van der Waals surface area (Å²) in [6, 6.07) is 24.4. The zero-order valence-electron chi connectivity index (χ0n) is 12.3. The molecule has 23 heavy (non-hydrogen) atoms. The highest BCUT2D eigenvalue weighted by Gasteiger charge is 2.36. The summed E-state index contributed by atoms with van der Waals surface area (Å²) < 4.78 is 0. The number of fused-ring (bicyclic) bond motifs is 1. The van der Waals surface area contributed by atoms with E-state index < -0.39 is 0 Å². The van der Waals surface area contributed by atoms with Gasteiger partial charge in [0, 0.05) is 0 Å². The molecule has 0 atom stereocenters. The molecular formula is C20H13NO2. The van der Waals surface area contributed by atoms with Crippen LogP contribution in [0, 0.1) is 0 Å². The second-order valence-electron chi connectivity index (χ2n) is 5.40. The van der Waals surface area contributed by atoms with E-state index in [-0.39, 0.29) is 11.8 Å². The van der Waals surface area contributed by atoms with Gasteiger partial charge in [0.2, 0.25) is 0 Å². The van der Waals surface area contributed by atoms with Crippen LogP contribution in [0.15, 0.2) is 78.9 Å². The zero-order valence-corrected chi connectivity index (χ0v) is 12.3. The number of carbonyl (C=O) groups is 2. The van der Waals surface area contributed by atoms with Crippen molar-refractivity contribution in [2.24, 2.45) is 0 Å². The average molecular weight is 299 g/mol. The van der Waals surface area contributed by atoms with E-state index in [0.29, 0.717) is 16.8 Å². The Morgan fingerprint density at radius 3 is 1.57 bits per heavy atom. The molecule has 0 saturated carbocycles. The third-order valence-corrected chi connectivity index (χ3v) is 4.03. The van der Waals surface area contributed by atoms with Crippen LogP contribution >= 0.6 is 0 Å². The fourth-order valence-electron chi connectivity index (χ4n) is 2.86. The highest BCUT2D eigenvalue weighted by atomic mass is 16.2. The van der Waals surface area contributed by atoms with Crippen LogP contribution in [0.2, 0.25) is 0 Å². The van der Waals surface area contributed by atoms with E-state index in [1.807, 2.05) is 54.6 Å². The molecule has 3 aromatic rings. The normalized spacial score (nSPS) is 13.3. The number of carbonyl (C=O) groups excluding carboxylic acids is 2. The highest BCUT2D eigenvalue weighted by Crippen LogP contribution is 2.30. The molecule has 110 valence electrons. The zero-order chi connectivity index (χ0) is 15.8. The van der Waals surface area contributed by atoms with Crippen molar-refractivity contribution in [2.45, 2.75) is 0 Å². The Balaban J connectivity index is 1.70. The lowest BCUT2D eigenvalue weighted by Crippen LogP contribution is -2.29. The number of amides is 2. The Labute approximate surface area is 133 Å². The predicted molar refractivity (Wildman–Crippen MR) is 89.5 cm³/mol. The van der Waals surface area contributed by atoms with Crippen molar-refractivity contribution in [3.63, 3.8) is 0 Å². The highest BCUT2D eigenvalue weighted by molar-refractivity contribution is 6.34. The van der Waals surface area contributed by atoms with Crippen molar-refractivity contribution < 1.29 is 9.59 Å². The molecule has 0 aromatic heterocycles. The molecule has 0 saturated heterocycles. The van der Waals surface area contributed by atoms with Crippen molar-refractivity contribution in [1.82, 2.24) is 0 Å². The van der Waals surface area contributed by atoms with Crippen molar-refractivity contribution in [3.8, 4) is 11.1 Å². The molecule has 3 aromatic carbocycles. The first kappa shape index (κ1) is 13.5. The van der Waals surface area contributed by atoms with Gasteiger partial charge in [-0.15, -0.1) is 0 Å². The number of imide groups is 1. The van der Waals surface area contributed by atoms with E-state index in [2.05, 4.69) is 0 Å². The van der Waals surface area contributed by atoms with E-state index in [0.717, 1.165) is 11.1 Å². The molecule has 1 heterocycles. The lowest BCUT2D eigenvalue weighted by molar-refractivity contribution is 0.0926. The molecule has 1 aliphatic heterocycles. The Kier molecular flexibility index (Phi) is 3.05. The first-order valence-corrected chi connectivity index (χ1v) is 7.39. The van der Waals surface area contributed by atoms with E-state index in [1.165, 1.54) is 4.90 Å². The predicted octanol–water partition coefficient (Wildman–Crippen LogP) is 4.15. The van der Waals surface area contributed by atoms with Crippen LogP contribution in [0.4, 0.5) is 5.69 Å². The maximum absolute atomic E-state index is 12.5. The Bertz CT molecular complexity index is 863. The third-order valence-electron chi connectivity index (χ3n) is 4.03. The molecular weight excluding hydrogens is 286 g/mol. The average Bonchev–Trinajstić information content (AvgIpc) is 2.87. The second-order valence-corrected chi connectivity index (χ2v) is 5.40. The molecule has 0 radical (unpaired) electrons. The molecule has 1 aliphatic rings. The molecule has 0 fully saturated rings. The lowest BCUT2D eigenvalue weighted by atomic mass is 10.1. The smallest absolute Gasteiger partial charge is 0.266 e. The Morgan fingerprint density at radius 2 is 1.00 bits per heavy atom. The fourth-order valence-corrected chi connectivity index (χ4v) is 2.86. The second kappa shape index (κ2) is 5.21. The molecule has 0 bridgehead atoms. The van der Waals surface area contributed by atoms with Gasteiger partial charge in [0.1, 0.15) is 0 Å². The number of nitrogens with zero attached hydrogens (tertiary/aromatic N) is 1. The van der Waals surface area contributed by atoms with Crippen molar-refractivity contribution in [2.75, 3.05) is 4.90 Å². The SMILES string of the molecule is O=C1c2ccccc2C(=O)N1c1ccc(-c2ccccc2)cc1. The summed E-state index contributed by atoms with van der Waals surface area (Å²) in [6.07, 6.45) is 0. The minimum atomic E-state index is -0.266. The fraction of sp³-hybridized carbons (Fsp3) is 0. The van der Waals surface area contributed by atoms with Crippen molar-refractivity contribution in [3.05, 3.63) is 90.0 Å². The number of anilines is 1. The maximum atomic E-state index is 12.5. The van der Waals surface area contributed by atoms with Crippen LogP contribution in [0.3, 0.4) is 0 Å². The lowest BCUT2D eigenvalue weighted by Gasteiger charge is -2.14. The summed E-state index contributed by atoms with van der Waals surface area (Å²) in [6.45, 7) is 0. The number of benzene rings is 3. The van der Waals surface area contributed by atoms with Crippen LogP contribution in [-0.4, -0.2) is 11.8 Å². The van der Waals surface area contributed by atoms with Gasteiger partial charge in [-0.25, -0.2) is 4.90 Å². The minimum absolute atomic E-state index is 0.266. The monoisotopic (exact) mass is 299 g/mol. The molecule has 4 rings (SSSR count). The summed E-state index contributed by atoms with van der Waals surface area (Å²) in [5, 5.41) is 0. The van der Waals surface area contributed by atoms with Gasteiger partial charge < -0.3 is 0 Å². The Hall–Kier alpha value is -3.20. The summed E-state index contributed by atoms with van der Waals surface area (Å²) in [5.41, 5.74) is 3.66. The van der Waals surface area contributed by atoms with Gasteiger partial charge >= 0.3 is 0 Å². The van der Waals surface area contributed by atoms with Crippen molar-refractivity contribution >= 4 is 17.5 Å². The van der Waals surface area contributed by atoms with E-state index >= 15 is 0 Å². The summed E-state index contributed by atoms with van der Waals surface area (Å²) in [5.74, 6) is -0.531. The van der Waals surface area contributed by atoms with Gasteiger partial charge in [0.15, 0.2) is 0 Å². The van der Waals surface area contributed by atoms with Crippen LogP contribution in [0.1, 0.15) is 20.7 Å². The molecule has 3 heteroatoms. The Morgan fingerprint density at radius 1 is 0.522 bits per heavy atom. The molecule has 0 unspecified atom stereocenters. The van der Waals surface area contributed by atoms with Gasteiger partial charge in [-0.1, -0.05) is 54.6 Å². The van der Waals surface area contributed by atoms with Crippen LogP contribution in [0.5, 0.6) is 0 Å². The number of rotatable bonds is 2. The summed E-state index contributed by atoms with van der Waals surface area (Å²) in [4.78, 5) is 26.2. The van der Waals surface area contributed by atoms with E-state index in [4.69, 9.17) is 0 Å². The topological polar surface area (TPSA) is 37.4 Å². The molecule has 0 aliphatic carbocycles. The maximum Gasteiger partial charge on any atom is 0.266 e. The van der Waals surface area contributed by atoms with Crippen LogP contribution in [0.25, 0.3) is 11.1 Å². The molecule has 2 amide bonds. The minimum Gasteiger partial charge on any atom is -0.268 e. The van der Waals surface area contributed by atoms with E-state index in [9.17, 15) is 9.59 Å². The molecule has 3 nitrogen and oxygen atoms in total. The number of hydrogen-bond donors (Lipinski definition) is 0. The van der Waals surface area contributed by atoms with Crippen molar-refractivity contribution in [1.29, 1.82) is 0 Å². The third kappa shape index (κ3) is 2.14. The van der Waals surface area contributed by atoms with Crippen LogP contribution < -0.4 is 4.90 Å². The van der Waals surface area contributed by atoms with Gasteiger partial charge in [-0.3, -0.25) is 9.59 Å². The summed E-state index contributed by atoms with van der Waals surface area (Å²) in [7, 11) is 0. The first-order valence-electron chi connectivity index (χ1n) is 7.39. The van der Waals surface area contributed by atoms with E-state index in [1.54, 1.807) is 24.3 Å². The van der Waals surface area contributed by atoms with Gasteiger partial charge in [-0.2, -0.15) is 0 Å². The largest absolute Gasteiger partial charge is 0.268 e. The standard InChI is InChI=1S/C20H13NO2/c22-19-17-8-4-5-9-18(17)20(23)21(19)16-12-10-15(11-13-16)14-6-2-1-3-7-14/h1-13H. The van der Waals surface area contributed by atoms with Gasteiger partial charge in [0.05, 0.1) is 16.8 Å². The first-order chi connectivity index (χ1) is 11.3. The summed E-state index contributed by atoms with van der Waals surface area (Å²) >= 11 is 0. The molecule has 0 spiro atoms. The van der Waals surface area contributed by atoms with Gasteiger partial charge in [0.25, 0.3) is 11.8 Å². The molecule has 0 N–H and O–H groups in total. The quantitative estimate of drug-likeness (QED) is 0.666. The van der Waals surface area contributed by atoms with Gasteiger partial charge in [-0.05, 0) is 35.4 Å².